The van der Waals surface area contributed by atoms with Crippen molar-refractivity contribution in [1.82, 2.24) is 14.6 Å². The van der Waals surface area contributed by atoms with Gasteiger partial charge in [-0.1, -0.05) is 32.0 Å². The summed E-state index contributed by atoms with van der Waals surface area (Å²) in [6.45, 7) is 6.10. The zero-order chi connectivity index (χ0) is 27.7. The molecule has 0 aliphatic carbocycles. The fourth-order valence-electron chi connectivity index (χ4n) is 3.71. The molecule has 1 aromatic carbocycles. The van der Waals surface area contributed by atoms with Crippen LogP contribution in [0.15, 0.2) is 46.1 Å². The molecule has 0 spiro atoms. The Morgan fingerprint density at radius 2 is 1.87 bits per heavy atom. The van der Waals surface area contributed by atoms with Crippen molar-refractivity contribution in [3.05, 3.63) is 63.2 Å². The number of aliphatic hydroxyl groups excluding tert-OH is 1. The molecule has 1 aliphatic heterocycles. The minimum absolute atomic E-state index is 0.0924. The number of nitrogens with zero attached hydrogens (tertiary/aromatic N) is 1. The lowest BCUT2D eigenvalue weighted by molar-refractivity contribution is -0.154. The fourth-order valence-corrected chi connectivity index (χ4v) is 5.25. The summed E-state index contributed by atoms with van der Waals surface area (Å²) in [5.41, 5.74) is -2.05. The van der Waals surface area contributed by atoms with Gasteiger partial charge in [-0.3, -0.25) is 18.9 Å². The topological polar surface area (TPSA) is 150 Å². The van der Waals surface area contributed by atoms with Crippen LogP contribution in [0.1, 0.15) is 46.3 Å². The van der Waals surface area contributed by atoms with E-state index in [9.17, 15) is 23.7 Å². The molecule has 1 aromatic heterocycles. The van der Waals surface area contributed by atoms with Gasteiger partial charge in [-0.15, -0.1) is 0 Å². The summed E-state index contributed by atoms with van der Waals surface area (Å²) in [6, 6.07) is 7.77. The molecule has 1 aliphatic rings. The van der Waals surface area contributed by atoms with Gasteiger partial charge in [0.1, 0.15) is 18.1 Å². The minimum atomic E-state index is -4.09. The first kappa shape index (κ1) is 30.2. The summed E-state index contributed by atoms with van der Waals surface area (Å²) in [7, 11) is -4.09. The monoisotopic (exact) mass is 559 g/mol. The van der Waals surface area contributed by atoms with Crippen LogP contribution >= 0.6 is 7.75 Å². The highest BCUT2D eigenvalue weighted by molar-refractivity contribution is 7.52. The predicted molar refractivity (Wildman–Crippen MR) is 135 cm³/mol. The number of aromatic amines is 1. The highest BCUT2D eigenvalue weighted by Crippen LogP contribution is 2.46. The van der Waals surface area contributed by atoms with Gasteiger partial charge >= 0.3 is 13.4 Å². The molecule has 1 unspecified atom stereocenters. The molecule has 12 nitrogen and oxygen atoms in total. The van der Waals surface area contributed by atoms with E-state index in [1.54, 1.807) is 37.3 Å². The standard InChI is InChI=1S/C24H35FN3O9P/c1-4-11-33-23(34-12-5-2)16(3)27-38(32,37-17-9-7-6-8-10-17)35-15-20-19(29)13-21(36-20)28-14-18(25)22(30)26-24(28)31/h6-10,14,16,19-21,23,29H,4-5,11-13,15H2,1-3H3,(H,27,32)(H,26,30,31)/t16-,19-,20+,21+,38?/m0/s1. The van der Waals surface area contributed by atoms with E-state index in [2.05, 4.69) is 5.09 Å². The summed E-state index contributed by atoms with van der Waals surface area (Å²) in [4.78, 5) is 25.3. The quantitative estimate of drug-likeness (QED) is 0.220. The summed E-state index contributed by atoms with van der Waals surface area (Å²) < 4.78 is 57.0. The molecule has 0 radical (unpaired) electrons. The molecule has 0 saturated carbocycles. The van der Waals surface area contributed by atoms with Crippen LogP contribution in [0.4, 0.5) is 4.39 Å². The molecule has 212 valence electrons. The molecular formula is C24H35FN3O9P. The SMILES string of the molecule is CCCOC(OCCC)[C@H](C)NP(=O)(OC[C@H]1O[C@@H](n2cc(F)c(=O)[nH]c2=O)C[C@@H]1O)Oc1ccccc1. The van der Waals surface area contributed by atoms with E-state index in [-0.39, 0.29) is 12.2 Å². The average Bonchev–Trinajstić information content (AvgIpc) is 3.25. The van der Waals surface area contributed by atoms with Gasteiger partial charge in [-0.05, 0) is 31.9 Å². The Kier molecular flexibility index (Phi) is 11.2. The normalized spacial score (nSPS) is 21.9. The largest absolute Gasteiger partial charge is 0.459 e. The molecule has 0 amide bonds. The number of aromatic nitrogens is 2. The van der Waals surface area contributed by atoms with Crippen molar-refractivity contribution in [3.8, 4) is 5.75 Å². The first-order chi connectivity index (χ1) is 18.2. The zero-order valence-corrected chi connectivity index (χ0v) is 22.5. The van der Waals surface area contributed by atoms with Gasteiger partial charge in [-0.2, -0.15) is 4.39 Å². The van der Waals surface area contributed by atoms with Crippen LogP contribution in [0, 0.1) is 5.82 Å². The number of aliphatic hydroxyl groups is 1. The Balaban J connectivity index is 1.74. The van der Waals surface area contributed by atoms with Crippen LogP contribution in [0.2, 0.25) is 0 Å². The summed E-state index contributed by atoms with van der Waals surface area (Å²) >= 11 is 0. The Morgan fingerprint density at radius 3 is 2.50 bits per heavy atom. The number of hydrogen-bond acceptors (Lipinski definition) is 9. The number of H-pyrrole nitrogens is 1. The highest BCUT2D eigenvalue weighted by Gasteiger charge is 2.39. The number of benzene rings is 1. The van der Waals surface area contributed by atoms with Crippen molar-refractivity contribution >= 4 is 7.75 Å². The fraction of sp³-hybridized carbons (Fsp3) is 0.583. The first-order valence-corrected chi connectivity index (χ1v) is 14.0. The molecule has 3 N–H and O–H groups in total. The van der Waals surface area contributed by atoms with Gasteiger partial charge < -0.3 is 23.8 Å². The lowest BCUT2D eigenvalue weighted by Crippen LogP contribution is -2.41. The maximum atomic E-state index is 13.8. The summed E-state index contributed by atoms with van der Waals surface area (Å²) in [6.07, 6.45) is -1.85. The second-order valence-electron chi connectivity index (χ2n) is 8.80. The smallest absolute Gasteiger partial charge is 0.413 e. The van der Waals surface area contributed by atoms with Crippen LogP contribution in [-0.4, -0.2) is 59.0 Å². The Bertz CT molecular complexity index is 1170. The van der Waals surface area contributed by atoms with E-state index in [0.29, 0.717) is 19.4 Å². The summed E-state index contributed by atoms with van der Waals surface area (Å²) in [5.74, 6) is -0.899. The van der Waals surface area contributed by atoms with E-state index in [1.165, 1.54) is 0 Å². The third-order valence-electron chi connectivity index (χ3n) is 5.56. The Labute approximate surface area is 219 Å². The molecule has 14 heteroatoms. The number of halogens is 1. The zero-order valence-electron chi connectivity index (χ0n) is 21.6. The van der Waals surface area contributed by atoms with E-state index in [0.717, 1.165) is 17.4 Å². The second-order valence-corrected chi connectivity index (χ2v) is 10.5. The first-order valence-electron chi connectivity index (χ1n) is 12.5. The van der Waals surface area contributed by atoms with E-state index in [1.807, 2.05) is 18.8 Å². The number of para-hydroxylation sites is 1. The van der Waals surface area contributed by atoms with Crippen molar-refractivity contribution in [2.24, 2.45) is 0 Å². The molecular weight excluding hydrogens is 524 g/mol. The number of ether oxygens (including phenoxy) is 3. The van der Waals surface area contributed by atoms with Gasteiger partial charge in [0.15, 0.2) is 6.29 Å². The molecule has 2 aromatic rings. The average molecular weight is 560 g/mol. The lowest BCUT2D eigenvalue weighted by Gasteiger charge is -2.29. The van der Waals surface area contributed by atoms with Crippen LogP contribution < -0.4 is 20.9 Å². The third-order valence-corrected chi connectivity index (χ3v) is 7.22. The highest BCUT2D eigenvalue weighted by atomic mass is 31.2. The van der Waals surface area contributed by atoms with E-state index >= 15 is 0 Å². The van der Waals surface area contributed by atoms with Gasteiger partial charge in [0.2, 0.25) is 5.82 Å². The van der Waals surface area contributed by atoms with E-state index < -0.39 is 62.2 Å². The summed E-state index contributed by atoms with van der Waals surface area (Å²) in [5, 5.41) is 13.4. The van der Waals surface area contributed by atoms with Gasteiger partial charge in [0.25, 0.3) is 5.56 Å². The molecule has 5 atom stereocenters. The number of rotatable bonds is 15. The molecule has 3 rings (SSSR count). The van der Waals surface area contributed by atoms with Crippen LogP contribution in [0.25, 0.3) is 0 Å². The Morgan fingerprint density at radius 1 is 1.21 bits per heavy atom. The predicted octanol–water partition coefficient (Wildman–Crippen LogP) is 2.69. The Hall–Kier alpha value is -2.38. The molecule has 1 saturated heterocycles. The number of hydrogen-bond donors (Lipinski definition) is 3. The maximum absolute atomic E-state index is 13.8. The third kappa shape index (κ3) is 8.31. The second kappa shape index (κ2) is 14.1. The van der Waals surface area contributed by atoms with Crippen molar-refractivity contribution in [1.29, 1.82) is 0 Å². The van der Waals surface area contributed by atoms with Crippen LogP contribution in [0.5, 0.6) is 5.75 Å². The number of nitrogens with one attached hydrogen (secondary N) is 2. The molecule has 1 fully saturated rings. The van der Waals surface area contributed by atoms with Crippen LogP contribution in [0.3, 0.4) is 0 Å². The van der Waals surface area contributed by atoms with E-state index in [4.69, 9.17) is 23.3 Å². The lowest BCUT2D eigenvalue weighted by atomic mass is 10.2. The molecule has 0 bridgehead atoms. The van der Waals surface area contributed by atoms with Crippen LogP contribution in [-0.2, 0) is 23.3 Å². The minimum Gasteiger partial charge on any atom is -0.413 e. The van der Waals surface area contributed by atoms with Gasteiger partial charge in [-0.25, -0.2) is 14.4 Å². The van der Waals surface area contributed by atoms with Gasteiger partial charge in [0.05, 0.1) is 24.9 Å². The van der Waals surface area contributed by atoms with Crippen molar-refractivity contribution in [2.45, 2.75) is 70.8 Å². The van der Waals surface area contributed by atoms with Crippen molar-refractivity contribution in [3.63, 3.8) is 0 Å². The molecule has 2 heterocycles. The molecule has 38 heavy (non-hydrogen) atoms. The van der Waals surface area contributed by atoms with Crippen molar-refractivity contribution < 1.29 is 37.3 Å². The van der Waals surface area contributed by atoms with Gasteiger partial charge in [0, 0.05) is 19.6 Å². The maximum Gasteiger partial charge on any atom is 0.459 e. The van der Waals surface area contributed by atoms with Crippen molar-refractivity contribution in [2.75, 3.05) is 19.8 Å².